The number of nitrogens with one attached hydrogen (secondary N) is 1. The van der Waals surface area contributed by atoms with Crippen molar-refractivity contribution < 1.29 is 0 Å². The van der Waals surface area contributed by atoms with Crippen molar-refractivity contribution in [2.24, 2.45) is 0 Å². The maximum atomic E-state index is 11.7. The quantitative estimate of drug-likeness (QED) is 0.819. The number of H-pyrrole nitrogens is 1. The van der Waals surface area contributed by atoms with Crippen LogP contribution in [0.4, 0.5) is 0 Å². The molecule has 1 atom stereocenters. The van der Waals surface area contributed by atoms with Gasteiger partial charge in [0.15, 0.2) is 0 Å². The molecule has 0 aliphatic rings. The van der Waals surface area contributed by atoms with E-state index in [2.05, 4.69) is 20.9 Å². The maximum Gasteiger partial charge on any atom is 0.328 e. The first-order valence-electron chi connectivity index (χ1n) is 4.50. The van der Waals surface area contributed by atoms with Crippen LogP contribution in [-0.2, 0) is 0 Å². The van der Waals surface area contributed by atoms with Crippen LogP contribution in [0.25, 0.3) is 0 Å². The molecular formula is C9H13BrLiN2O2. The van der Waals surface area contributed by atoms with Crippen LogP contribution >= 0.6 is 15.9 Å². The molecule has 0 spiro atoms. The minimum Gasteiger partial charge on any atom is -0.310 e. The fourth-order valence-electron chi connectivity index (χ4n) is 1.22. The number of hydrogen-bond donors (Lipinski definition) is 1. The summed E-state index contributed by atoms with van der Waals surface area (Å²) in [7, 11) is 0. The standard InChI is InChI=1S/C9H13BrN2O2.Li/c1-4-5(2)12-8(13)7(10)6(3)11-9(12)14;/h5H,4H2,1-3H3,(H,11,14);. The summed E-state index contributed by atoms with van der Waals surface area (Å²) in [5, 5.41) is 0. The third kappa shape index (κ3) is 2.87. The smallest absolute Gasteiger partial charge is 0.310 e. The third-order valence-electron chi connectivity index (χ3n) is 2.28. The molecule has 0 saturated carbocycles. The van der Waals surface area contributed by atoms with Crippen LogP contribution in [0.1, 0.15) is 32.0 Å². The van der Waals surface area contributed by atoms with E-state index < -0.39 is 0 Å². The minimum absolute atomic E-state index is 0. The van der Waals surface area contributed by atoms with Gasteiger partial charge in [0.05, 0.1) is 0 Å². The van der Waals surface area contributed by atoms with Crippen LogP contribution in [0, 0.1) is 6.92 Å². The van der Waals surface area contributed by atoms with Crippen molar-refractivity contribution >= 4 is 34.8 Å². The number of aromatic nitrogens is 2. The zero-order chi connectivity index (χ0) is 10.9. The van der Waals surface area contributed by atoms with E-state index in [1.54, 1.807) is 6.92 Å². The summed E-state index contributed by atoms with van der Waals surface area (Å²) in [5.74, 6) is 0. The Morgan fingerprint density at radius 2 is 2.00 bits per heavy atom. The van der Waals surface area contributed by atoms with Gasteiger partial charge in [0, 0.05) is 30.6 Å². The summed E-state index contributed by atoms with van der Waals surface area (Å²) in [6.45, 7) is 5.47. The molecule has 0 fully saturated rings. The number of nitrogens with zero attached hydrogens (tertiary/aromatic N) is 1. The summed E-state index contributed by atoms with van der Waals surface area (Å²) in [4.78, 5) is 25.8. The topological polar surface area (TPSA) is 54.9 Å². The summed E-state index contributed by atoms with van der Waals surface area (Å²) in [6, 6.07) is -0.0804. The maximum absolute atomic E-state index is 11.7. The summed E-state index contributed by atoms with van der Waals surface area (Å²) < 4.78 is 1.66. The molecule has 1 aromatic heterocycles. The Kier molecular flexibility index (Phi) is 5.64. The van der Waals surface area contributed by atoms with Gasteiger partial charge in [-0.15, -0.1) is 0 Å². The van der Waals surface area contributed by atoms with E-state index in [1.807, 2.05) is 13.8 Å². The number of rotatable bonds is 2. The van der Waals surface area contributed by atoms with E-state index in [4.69, 9.17) is 0 Å². The fraction of sp³-hybridized carbons (Fsp3) is 0.556. The molecule has 0 saturated heterocycles. The van der Waals surface area contributed by atoms with Gasteiger partial charge in [-0.1, -0.05) is 6.92 Å². The Morgan fingerprint density at radius 3 is 2.47 bits per heavy atom. The molecule has 1 rings (SSSR count). The molecule has 6 heteroatoms. The molecular weight excluding hydrogens is 255 g/mol. The first-order valence-corrected chi connectivity index (χ1v) is 5.29. The molecule has 1 aromatic rings. The Morgan fingerprint density at radius 1 is 1.47 bits per heavy atom. The summed E-state index contributed by atoms with van der Waals surface area (Å²) in [5.41, 5.74) is -0.0368. The second-order valence-corrected chi connectivity index (χ2v) is 4.09. The second-order valence-electron chi connectivity index (χ2n) is 3.30. The molecule has 4 nitrogen and oxygen atoms in total. The predicted molar refractivity (Wildman–Crippen MR) is 64.5 cm³/mol. The van der Waals surface area contributed by atoms with Crippen molar-refractivity contribution in [1.82, 2.24) is 9.55 Å². The minimum atomic E-state index is -0.343. The van der Waals surface area contributed by atoms with Gasteiger partial charge in [0.1, 0.15) is 4.47 Å². The molecule has 1 unspecified atom stereocenters. The average molecular weight is 268 g/mol. The van der Waals surface area contributed by atoms with Crippen molar-refractivity contribution in [3.63, 3.8) is 0 Å². The second kappa shape index (κ2) is 5.74. The van der Waals surface area contributed by atoms with Gasteiger partial charge >= 0.3 is 5.69 Å². The molecule has 0 bridgehead atoms. The van der Waals surface area contributed by atoms with Gasteiger partial charge in [0.25, 0.3) is 5.56 Å². The van der Waals surface area contributed by atoms with Crippen LogP contribution < -0.4 is 11.2 Å². The predicted octanol–water partition coefficient (Wildman–Crippen LogP) is 1.20. The zero-order valence-corrected chi connectivity index (χ0v) is 11.0. The summed E-state index contributed by atoms with van der Waals surface area (Å²) in [6.07, 6.45) is 0.748. The Hall–Kier alpha value is -0.243. The monoisotopic (exact) mass is 267 g/mol. The fourth-order valence-corrected chi connectivity index (χ4v) is 1.51. The van der Waals surface area contributed by atoms with Crippen LogP contribution in [-0.4, -0.2) is 28.4 Å². The Balaban J connectivity index is 0.00000196. The number of hydrogen-bond acceptors (Lipinski definition) is 2. The SMILES string of the molecule is CCC(C)n1c(=O)[nH]c(C)c(Br)c1=O.[Li]. The third-order valence-corrected chi connectivity index (χ3v) is 3.21. The van der Waals surface area contributed by atoms with E-state index in [9.17, 15) is 9.59 Å². The Labute approximate surface area is 108 Å². The van der Waals surface area contributed by atoms with Crippen molar-refractivity contribution in [3.8, 4) is 0 Å². The summed E-state index contributed by atoms with van der Waals surface area (Å²) >= 11 is 3.16. The molecule has 1 radical (unpaired) electrons. The molecule has 1 heterocycles. The zero-order valence-electron chi connectivity index (χ0n) is 9.43. The van der Waals surface area contributed by atoms with Crippen LogP contribution in [0.2, 0.25) is 0 Å². The van der Waals surface area contributed by atoms with Gasteiger partial charge in [-0.05, 0) is 36.2 Å². The van der Waals surface area contributed by atoms with Crippen molar-refractivity contribution in [2.75, 3.05) is 0 Å². The molecule has 0 aliphatic carbocycles. The number of halogens is 1. The van der Waals surface area contributed by atoms with E-state index in [0.29, 0.717) is 10.2 Å². The molecule has 79 valence electrons. The normalized spacial score (nSPS) is 12.0. The van der Waals surface area contributed by atoms with Gasteiger partial charge in [-0.2, -0.15) is 0 Å². The molecule has 0 aromatic carbocycles. The van der Waals surface area contributed by atoms with E-state index in [-0.39, 0.29) is 36.2 Å². The molecule has 0 amide bonds. The van der Waals surface area contributed by atoms with Crippen LogP contribution in [0.5, 0.6) is 0 Å². The average Bonchev–Trinajstić information content (AvgIpc) is 2.14. The van der Waals surface area contributed by atoms with Gasteiger partial charge in [-0.3, -0.25) is 9.36 Å². The van der Waals surface area contributed by atoms with Crippen molar-refractivity contribution in [3.05, 3.63) is 31.0 Å². The first-order chi connectivity index (χ1) is 6.49. The first kappa shape index (κ1) is 14.8. The molecule has 0 aliphatic heterocycles. The van der Waals surface area contributed by atoms with Crippen LogP contribution in [0.15, 0.2) is 14.1 Å². The van der Waals surface area contributed by atoms with Crippen molar-refractivity contribution in [1.29, 1.82) is 0 Å². The number of aryl methyl sites for hydroxylation is 1. The Bertz CT molecular complexity index is 452. The van der Waals surface area contributed by atoms with E-state index in [0.717, 1.165) is 6.42 Å². The van der Waals surface area contributed by atoms with Gasteiger partial charge < -0.3 is 4.98 Å². The van der Waals surface area contributed by atoms with Crippen molar-refractivity contribution in [2.45, 2.75) is 33.2 Å². The largest absolute Gasteiger partial charge is 0.328 e. The number of aromatic amines is 1. The van der Waals surface area contributed by atoms with Gasteiger partial charge in [0.2, 0.25) is 0 Å². The van der Waals surface area contributed by atoms with E-state index >= 15 is 0 Å². The molecule has 15 heavy (non-hydrogen) atoms. The van der Waals surface area contributed by atoms with E-state index in [1.165, 1.54) is 4.57 Å². The molecule has 1 N–H and O–H groups in total. The van der Waals surface area contributed by atoms with Gasteiger partial charge in [-0.25, -0.2) is 4.79 Å². The van der Waals surface area contributed by atoms with Crippen LogP contribution in [0.3, 0.4) is 0 Å².